The normalized spacial score (nSPS) is 13.2. The highest BCUT2D eigenvalue weighted by Crippen LogP contribution is 2.33. The number of hydrogen-bond acceptors (Lipinski definition) is 3. The van der Waals surface area contributed by atoms with Gasteiger partial charge in [-0.2, -0.15) is 0 Å². The molecule has 1 amide bonds. The molecule has 0 saturated carbocycles. The van der Waals surface area contributed by atoms with Gasteiger partial charge >= 0.3 is 0 Å². The molecule has 26 heavy (non-hydrogen) atoms. The van der Waals surface area contributed by atoms with Crippen molar-refractivity contribution in [2.75, 3.05) is 11.4 Å². The van der Waals surface area contributed by atoms with E-state index in [4.69, 9.17) is 4.42 Å². The standard InChI is InChI=1S/C22H16N2O2/c25-22(21-14-18-3-1-2-4-20(18)26-21)24-12-9-17-13-16(5-6-19(17)24)15-7-10-23-11-8-15/h1-8,10-11,13-14H,9,12H2. The van der Waals surface area contributed by atoms with Gasteiger partial charge in [0.2, 0.25) is 0 Å². The van der Waals surface area contributed by atoms with E-state index in [1.165, 1.54) is 5.56 Å². The van der Waals surface area contributed by atoms with Crippen molar-refractivity contribution in [1.82, 2.24) is 4.98 Å². The second-order valence-corrected chi connectivity index (χ2v) is 6.43. The van der Waals surface area contributed by atoms with Crippen LogP contribution >= 0.6 is 0 Å². The molecule has 1 aliphatic rings. The number of carbonyl (C=O) groups is 1. The van der Waals surface area contributed by atoms with E-state index in [0.29, 0.717) is 12.3 Å². The summed E-state index contributed by atoms with van der Waals surface area (Å²) in [6, 6.07) is 19.7. The van der Waals surface area contributed by atoms with E-state index in [1.54, 1.807) is 12.4 Å². The van der Waals surface area contributed by atoms with Crippen LogP contribution in [0.4, 0.5) is 5.69 Å². The molecule has 0 spiro atoms. The molecule has 2 aromatic carbocycles. The summed E-state index contributed by atoms with van der Waals surface area (Å²) in [5, 5.41) is 0.948. The molecule has 3 heterocycles. The zero-order valence-electron chi connectivity index (χ0n) is 14.1. The minimum atomic E-state index is -0.0865. The summed E-state index contributed by atoms with van der Waals surface area (Å²) >= 11 is 0. The monoisotopic (exact) mass is 340 g/mol. The van der Waals surface area contributed by atoms with Gasteiger partial charge in [0.1, 0.15) is 5.58 Å². The van der Waals surface area contributed by atoms with Crippen molar-refractivity contribution in [1.29, 1.82) is 0 Å². The van der Waals surface area contributed by atoms with Crippen LogP contribution in [0.5, 0.6) is 0 Å². The first-order chi connectivity index (χ1) is 12.8. The molecule has 0 radical (unpaired) electrons. The maximum atomic E-state index is 13.0. The number of benzene rings is 2. The number of furan rings is 1. The number of amides is 1. The number of anilines is 1. The van der Waals surface area contributed by atoms with Gasteiger partial charge in [-0.1, -0.05) is 24.3 Å². The maximum Gasteiger partial charge on any atom is 0.294 e. The topological polar surface area (TPSA) is 46.3 Å². The minimum absolute atomic E-state index is 0.0865. The maximum absolute atomic E-state index is 13.0. The fraction of sp³-hybridized carbons (Fsp3) is 0.0909. The molecule has 126 valence electrons. The van der Waals surface area contributed by atoms with Crippen molar-refractivity contribution in [3.8, 4) is 11.1 Å². The Hall–Kier alpha value is -3.40. The van der Waals surface area contributed by atoms with Crippen LogP contribution in [0, 0.1) is 0 Å². The number of nitrogens with zero attached hydrogens (tertiary/aromatic N) is 2. The van der Waals surface area contributed by atoms with Crippen LogP contribution in [0.25, 0.3) is 22.1 Å². The van der Waals surface area contributed by atoms with Crippen molar-refractivity contribution in [2.45, 2.75) is 6.42 Å². The average molecular weight is 340 g/mol. The molecule has 0 aliphatic carbocycles. The third-order valence-corrected chi connectivity index (χ3v) is 4.87. The zero-order chi connectivity index (χ0) is 17.5. The summed E-state index contributed by atoms with van der Waals surface area (Å²) in [6.45, 7) is 0.672. The smallest absolute Gasteiger partial charge is 0.294 e. The molecule has 5 rings (SSSR count). The van der Waals surface area contributed by atoms with Crippen LogP contribution in [0.2, 0.25) is 0 Å². The summed E-state index contributed by atoms with van der Waals surface area (Å²) in [5.74, 6) is 0.300. The van der Waals surface area contributed by atoms with Gasteiger partial charge in [-0.05, 0) is 59.5 Å². The molecule has 1 aliphatic heterocycles. The molecule has 4 heteroatoms. The fourth-order valence-corrected chi connectivity index (χ4v) is 3.56. The van der Waals surface area contributed by atoms with Gasteiger partial charge in [0.25, 0.3) is 5.91 Å². The number of para-hydroxylation sites is 1. The van der Waals surface area contributed by atoms with Gasteiger partial charge < -0.3 is 9.32 Å². The Balaban J connectivity index is 1.49. The summed E-state index contributed by atoms with van der Waals surface area (Å²) in [6.07, 6.45) is 4.43. The highest BCUT2D eigenvalue weighted by molar-refractivity contribution is 6.07. The third-order valence-electron chi connectivity index (χ3n) is 4.87. The van der Waals surface area contributed by atoms with Gasteiger partial charge in [0.05, 0.1) is 0 Å². The zero-order valence-corrected chi connectivity index (χ0v) is 14.1. The van der Waals surface area contributed by atoms with E-state index in [0.717, 1.165) is 34.2 Å². The molecule has 0 fully saturated rings. The van der Waals surface area contributed by atoms with Gasteiger partial charge in [0, 0.05) is 30.0 Å². The lowest BCUT2D eigenvalue weighted by Gasteiger charge is -2.16. The lowest BCUT2D eigenvalue weighted by Crippen LogP contribution is -2.28. The molecule has 2 aromatic heterocycles. The predicted octanol–water partition coefficient (Wildman–Crippen LogP) is 4.70. The summed E-state index contributed by atoms with van der Waals surface area (Å²) in [7, 11) is 0. The fourth-order valence-electron chi connectivity index (χ4n) is 3.56. The van der Waals surface area contributed by atoms with Crippen molar-refractivity contribution in [3.63, 3.8) is 0 Å². The molecule has 0 saturated heterocycles. The molecular formula is C22H16N2O2. The second-order valence-electron chi connectivity index (χ2n) is 6.43. The van der Waals surface area contributed by atoms with E-state index in [2.05, 4.69) is 17.1 Å². The van der Waals surface area contributed by atoms with E-state index in [-0.39, 0.29) is 5.91 Å². The quantitative estimate of drug-likeness (QED) is 0.531. The first kappa shape index (κ1) is 14.9. The SMILES string of the molecule is O=C(c1cc2ccccc2o1)N1CCc2cc(-c3ccncc3)ccc21. The van der Waals surface area contributed by atoms with Crippen molar-refractivity contribution >= 4 is 22.6 Å². The van der Waals surface area contributed by atoms with Crippen molar-refractivity contribution < 1.29 is 9.21 Å². The number of rotatable bonds is 2. The summed E-state index contributed by atoms with van der Waals surface area (Å²) in [5.41, 5.74) is 5.16. The van der Waals surface area contributed by atoms with Crippen LogP contribution in [-0.4, -0.2) is 17.4 Å². The molecular weight excluding hydrogens is 324 g/mol. The van der Waals surface area contributed by atoms with Gasteiger partial charge in [0.15, 0.2) is 5.76 Å². The van der Waals surface area contributed by atoms with E-state index >= 15 is 0 Å². The number of fused-ring (bicyclic) bond motifs is 2. The summed E-state index contributed by atoms with van der Waals surface area (Å²) in [4.78, 5) is 18.8. The summed E-state index contributed by atoms with van der Waals surface area (Å²) < 4.78 is 5.75. The molecule has 0 atom stereocenters. The van der Waals surface area contributed by atoms with Crippen LogP contribution in [-0.2, 0) is 6.42 Å². The Bertz CT molecular complexity index is 1080. The number of carbonyl (C=O) groups excluding carboxylic acids is 1. The van der Waals surface area contributed by atoms with Crippen LogP contribution < -0.4 is 4.90 Å². The van der Waals surface area contributed by atoms with Gasteiger partial charge in [-0.3, -0.25) is 9.78 Å². The second kappa shape index (κ2) is 5.85. The number of aromatic nitrogens is 1. The Morgan fingerprint density at radius 3 is 2.65 bits per heavy atom. The van der Waals surface area contributed by atoms with Crippen molar-refractivity contribution in [2.24, 2.45) is 0 Å². The van der Waals surface area contributed by atoms with Crippen LogP contribution in [0.15, 0.2) is 77.5 Å². The van der Waals surface area contributed by atoms with Crippen LogP contribution in [0.3, 0.4) is 0 Å². The average Bonchev–Trinajstić information content (AvgIpc) is 3.31. The van der Waals surface area contributed by atoms with Crippen molar-refractivity contribution in [3.05, 3.63) is 84.4 Å². The first-order valence-corrected chi connectivity index (χ1v) is 8.63. The molecule has 0 N–H and O–H groups in total. The Kier molecular flexibility index (Phi) is 3.35. The van der Waals surface area contributed by atoms with Gasteiger partial charge in [-0.15, -0.1) is 0 Å². The van der Waals surface area contributed by atoms with Gasteiger partial charge in [-0.25, -0.2) is 0 Å². The van der Waals surface area contributed by atoms with E-state index in [1.807, 2.05) is 53.4 Å². The first-order valence-electron chi connectivity index (χ1n) is 8.63. The van der Waals surface area contributed by atoms with E-state index in [9.17, 15) is 4.79 Å². The lowest BCUT2D eigenvalue weighted by atomic mass is 10.0. The highest BCUT2D eigenvalue weighted by Gasteiger charge is 2.28. The highest BCUT2D eigenvalue weighted by atomic mass is 16.3. The Labute approximate surface area is 150 Å². The molecule has 0 unspecified atom stereocenters. The third kappa shape index (κ3) is 2.39. The molecule has 4 nitrogen and oxygen atoms in total. The molecule has 4 aromatic rings. The Morgan fingerprint density at radius 1 is 0.962 bits per heavy atom. The number of pyridine rings is 1. The van der Waals surface area contributed by atoms with Crippen LogP contribution in [0.1, 0.15) is 16.1 Å². The molecule has 0 bridgehead atoms. The lowest BCUT2D eigenvalue weighted by molar-refractivity contribution is 0.0965. The van der Waals surface area contributed by atoms with E-state index < -0.39 is 0 Å². The predicted molar refractivity (Wildman–Crippen MR) is 101 cm³/mol. The largest absolute Gasteiger partial charge is 0.451 e. The minimum Gasteiger partial charge on any atom is -0.451 e. The Morgan fingerprint density at radius 2 is 1.81 bits per heavy atom. The number of hydrogen-bond donors (Lipinski definition) is 0.